The first kappa shape index (κ1) is 21.5. The molecule has 0 bridgehead atoms. The Morgan fingerprint density at radius 1 is 1.19 bits per heavy atom. The second-order valence-corrected chi connectivity index (χ2v) is 10.1. The number of hydrogen-bond donors (Lipinski definition) is 3. The van der Waals surface area contributed by atoms with Gasteiger partial charge < -0.3 is 15.8 Å². The summed E-state index contributed by atoms with van der Waals surface area (Å²) in [6.45, 7) is 0. The molecule has 1 aromatic carbocycles. The minimum atomic E-state index is -4.02. The molecule has 1 heterocycles. The molecule has 2 aliphatic carbocycles. The van der Waals surface area contributed by atoms with E-state index in [1.54, 1.807) is 18.3 Å². The van der Waals surface area contributed by atoms with Gasteiger partial charge in [0.25, 0.3) is 11.8 Å². The van der Waals surface area contributed by atoms with Gasteiger partial charge >= 0.3 is 0 Å². The molecule has 9 nitrogen and oxygen atoms in total. The Morgan fingerprint density at radius 3 is 2.55 bits per heavy atom. The van der Waals surface area contributed by atoms with Gasteiger partial charge in [0.1, 0.15) is 16.6 Å². The predicted octanol–water partition coefficient (Wildman–Crippen LogP) is 1.60. The van der Waals surface area contributed by atoms with Crippen LogP contribution >= 0.6 is 11.6 Å². The van der Waals surface area contributed by atoms with Crippen LogP contribution in [-0.2, 0) is 10.0 Å². The summed E-state index contributed by atoms with van der Waals surface area (Å²) in [6.07, 6.45) is 4.66. The average Bonchev–Trinajstić information content (AvgIpc) is 2.64. The third-order valence-corrected chi connectivity index (χ3v) is 7.22. The minimum Gasteiger partial charge on any atom is -0.474 e. The number of primary sulfonamides is 1. The maximum Gasteiger partial charge on any atom is 0.254 e. The normalized spacial score (nSPS) is 24.7. The number of pyridine rings is 1. The quantitative estimate of drug-likeness (QED) is 0.589. The Labute approximate surface area is 184 Å². The molecule has 2 saturated carbocycles. The lowest BCUT2D eigenvalue weighted by Crippen LogP contribution is -2.58. The number of hydrogen-bond acceptors (Lipinski definition) is 6. The highest BCUT2D eigenvalue weighted by molar-refractivity contribution is 7.89. The minimum absolute atomic E-state index is 0.0157. The maximum absolute atomic E-state index is 12.5. The molecular formula is C20H21ClN4O5S. The van der Waals surface area contributed by atoms with Crippen molar-refractivity contribution in [1.82, 2.24) is 10.3 Å². The number of sulfonamides is 1. The van der Waals surface area contributed by atoms with Crippen LogP contribution in [-0.4, -0.2) is 37.4 Å². The van der Waals surface area contributed by atoms with Gasteiger partial charge in [0, 0.05) is 17.8 Å². The summed E-state index contributed by atoms with van der Waals surface area (Å²) >= 11 is 5.86. The maximum atomic E-state index is 12.5. The van der Waals surface area contributed by atoms with Gasteiger partial charge in [0.05, 0.1) is 5.02 Å². The van der Waals surface area contributed by atoms with E-state index in [1.807, 2.05) is 0 Å². The van der Waals surface area contributed by atoms with Gasteiger partial charge in [-0.05, 0) is 61.4 Å². The molecule has 2 fully saturated rings. The number of amides is 2. The number of nitrogens with two attached hydrogens (primary N) is 2. The van der Waals surface area contributed by atoms with E-state index in [-0.39, 0.29) is 50.4 Å². The highest BCUT2D eigenvalue weighted by Crippen LogP contribution is 2.56. The van der Waals surface area contributed by atoms with Gasteiger partial charge in [-0.15, -0.1) is 0 Å². The average molecular weight is 465 g/mol. The van der Waals surface area contributed by atoms with Gasteiger partial charge in [-0.25, -0.2) is 18.5 Å². The smallest absolute Gasteiger partial charge is 0.254 e. The Balaban J connectivity index is 1.30. The van der Waals surface area contributed by atoms with Crippen molar-refractivity contribution in [2.75, 3.05) is 0 Å². The Hall–Kier alpha value is -2.69. The van der Waals surface area contributed by atoms with E-state index in [2.05, 4.69) is 10.3 Å². The van der Waals surface area contributed by atoms with Crippen LogP contribution in [0.5, 0.6) is 5.88 Å². The van der Waals surface area contributed by atoms with Crippen molar-refractivity contribution in [2.24, 2.45) is 16.3 Å². The van der Waals surface area contributed by atoms with Crippen molar-refractivity contribution < 1.29 is 22.7 Å². The first-order valence-corrected chi connectivity index (χ1v) is 11.5. The number of benzene rings is 1. The van der Waals surface area contributed by atoms with Gasteiger partial charge in [0.15, 0.2) is 0 Å². The molecule has 0 saturated heterocycles. The number of primary amides is 1. The molecule has 164 valence electrons. The second kappa shape index (κ2) is 7.77. The topological polar surface area (TPSA) is 154 Å². The number of halogens is 1. The van der Waals surface area contributed by atoms with Crippen LogP contribution in [0.4, 0.5) is 0 Å². The summed E-state index contributed by atoms with van der Waals surface area (Å²) in [5, 5.41) is 8.01. The molecular weight excluding hydrogens is 444 g/mol. The van der Waals surface area contributed by atoms with Crippen LogP contribution in [0.1, 0.15) is 46.4 Å². The Bertz CT molecular complexity index is 1160. The Kier molecular flexibility index (Phi) is 5.40. The highest BCUT2D eigenvalue weighted by atomic mass is 35.5. The molecule has 1 spiro atoms. The van der Waals surface area contributed by atoms with E-state index in [0.717, 1.165) is 25.7 Å². The summed E-state index contributed by atoms with van der Waals surface area (Å²) in [4.78, 5) is 27.8. The van der Waals surface area contributed by atoms with Crippen LogP contribution in [0.15, 0.2) is 41.4 Å². The monoisotopic (exact) mass is 464 g/mol. The fraction of sp³-hybridized carbons (Fsp3) is 0.350. The molecule has 2 aromatic rings. The molecule has 11 heteroatoms. The van der Waals surface area contributed by atoms with Crippen LogP contribution in [0.3, 0.4) is 0 Å². The number of ether oxygens (including phenoxy) is 1. The fourth-order valence-electron chi connectivity index (χ4n) is 4.37. The lowest BCUT2D eigenvalue weighted by Gasteiger charge is -2.57. The van der Waals surface area contributed by atoms with E-state index in [4.69, 9.17) is 27.2 Å². The summed E-state index contributed by atoms with van der Waals surface area (Å²) < 4.78 is 29.0. The zero-order chi connectivity index (χ0) is 22.4. The third kappa shape index (κ3) is 4.36. The first-order valence-electron chi connectivity index (χ1n) is 9.61. The summed E-state index contributed by atoms with van der Waals surface area (Å²) in [5.41, 5.74) is 5.87. The molecule has 0 atom stereocenters. The molecule has 0 radical (unpaired) electrons. The first-order chi connectivity index (χ1) is 14.6. The molecule has 0 aliphatic heterocycles. The van der Waals surface area contributed by atoms with Crippen LogP contribution in [0.25, 0.3) is 0 Å². The van der Waals surface area contributed by atoms with E-state index in [9.17, 15) is 18.0 Å². The molecule has 31 heavy (non-hydrogen) atoms. The van der Waals surface area contributed by atoms with Crippen molar-refractivity contribution in [3.8, 4) is 5.88 Å². The predicted molar refractivity (Wildman–Crippen MR) is 112 cm³/mol. The Morgan fingerprint density at radius 2 is 1.90 bits per heavy atom. The zero-order valence-electron chi connectivity index (χ0n) is 16.4. The number of nitrogens with one attached hydrogen (secondary N) is 1. The second-order valence-electron chi connectivity index (χ2n) is 8.14. The third-order valence-electron chi connectivity index (χ3n) is 5.83. The van der Waals surface area contributed by atoms with Crippen molar-refractivity contribution in [2.45, 2.75) is 42.7 Å². The van der Waals surface area contributed by atoms with Gasteiger partial charge in [-0.1, -0.05) is 11.6 Å². The van der Waals surface area contributed by atoms with E-state index in [1.165, 1.54) is 18.2 Å². The number of nitrogens with zero attached hydrogens (tertiary/aromatic N) is 1. The van der Waals surface area contributed by atoms with Crippen LogP contribution < -0.4 is 20.9 Å². The van der Waals surface area contributed by atoms with Crippen molar-refractivity contribution in [1.29, 1.82) is 0 Å². The van der Waals surface area contributed by atoms with Gasteiger partial charge in [-0.2, -0.15) is 0 Å². The van der Waals surface area contributed by atoms with E-state index in [0.29, 0.717) is 0 Å². The van der Waals surface area contributed by atoms with Crippen LogP contribution in [0.2, 0.25) is 5.02 Å². The SMILES string of the molecule is NC(=O)c1cccnc1OC1CC2(CC(NC(=O)c3ccc(Cl)c(S(N)(=O)=O)c3)C2)C1. The standard InChI is InChI=1S/C20H21ClN4O5S/c21-15-4-3-11(6-16(15)31(23,28)29)18(27)25-12-7-20(8-12)9-13(10-20)30-19-14(17(22)26)2-1-5-24-19/h1-6,12-13H,7-10H2,(H2,22,26)(H,25,27)(H2,23,28,29). The molecule has 2 aliphatic rings. The lowest BCUT2D eigenvalue weighted by molar-refractivity contribution is -0.0848. The summed E-state index contributed by atoms with van der Waals surface area (Å²) in [7, 11) is -4.02. The summed E-state index contributed by atoms with van der Waals surface area (Å²) in [5.74, 6) is -0.725. The molecule has 0 unspecified atom stereocenters. The molecule has 5 N–H and O–H groups in total. The lowest BCUT2D eigenvalue weighted by atomic mass is 9.53. The number of carbonyl (C=O) groups is 2. The highest BCUT2D eigenvalue weighted by Gasteiger charge is 2.54. The van der Waals surface area contributed by atoms with E-state index >= 15 is 0 Å². The molecule has 2 amide bonds. The van der Waals surface area contributed by atoms with E-state index < -0.39 is 15.9 Å². The van der Waals surface area contributed by atoms with Crippen molar-refractivity contribution >= 4 is 33.4 Å². The molecule has 1 aromatic heterocycles. The van der Waals surface area contributed by atoms with Crippen molar-refractivity contribution in [3.63, 3.8) is 0 Å². The number of carbonyl (C=O) groups excluding carboxylic acids is 2. The largest absolute Gasteiger partial charge is 0.474 e. The van der Waals surface area contributed by atoms with Gasteiger partial charge in [-0.3, -0.25) is 9.59 Å². The number of aromatic nitrogens is 1. The number of rotatable bonds is 6. The van der Waals surface area contributed by atoms with Crippen LogP contribution in [0, 0.1) is 5.41 Å². The zero-order valence-corrected chi connectivity index (χ0v) is 17.9. The summed E-state index contributed by atoms with van der Waals surface area (Å²) in [6, 6.07) is 7.16. The van der Waals surface area contributed by atoms with Crippen molar-refractivity contribution in [3.05, 3.63) is 52.7 Å². The van der Waals surface area contributed by atoms with Gasteiger partial charge in [0.2, 0.25) is 15.9 Å². The fourth-order valence-corrected chi connectivity index (χ4v) is 5.44. The molecule has 4 rings (SSSR count).